The van der Waals surface area contributed by atoms with Crippen LogP contribution in [0.2, 0.25) is 0 Å². The van der Waals surface area contributed by atoms with Crippen molar-refractivity contribution in [3.05, 3.63) is 35.5 Å². The van der Waals surface area contributed by atoms with Crippen LogP contribution in [0.5, 0.6) is 0 Å². The van der Waals surface area contributed by atoms with Crippen molar-refractivity contribution >= 4 is 16.6 Å². The molecule has 0 amide bonds. The number of fused-ring (bicyclic) bond motifs is 1. The molecule has 0 unspecified atom stereocenters. The van der Waals surface area contributed by atoms with E-state index in [0.717, 1.165) is 17.4 Å². The Morgan fingerprint density at radius 2 is 1.90 bits per heavy atom. The lowest BCUT2D eigenvalue weighted by molar-refractivity contribution is -0.216. The van der Waals surface area contributed by atoms with E-state index in [9.17, 15) is 23.4 Å². The number of aliphatic hydroxyl groups excluding tert-OH is 1. The first-order valence-electron chi connectivity index (χ1n) is 9.77. The first-order chi connectivity index (χ1) is 13.5. The third kappa shape index (κ3) is 3.81. The average Bonchev–Trinajstić information content (AvgIpc) is 2.64. The molecule has 8 heteroatoms. The van der Waals surface area contributed by atoms with Gasteiger partial charge in [0.05, 0.1) is 28.9 Å². The van der Waals surface area contributed by atoms with Crippen LogP contribution in [0, 0.1) is 6.92 Å². The molecule has 0 bridgehead atoms. The van der Waals surface area contributed by atoms with Crippen LogP contribution in [-0.2, 0) is 10.9 Å². The number of pyridine rings is 1. The minimum atomic E-state index is -4.41. The van der Waals surface area contributed by atoms with E-state index in [1.54, 1.807) is 6.92 Å². The Balaban J connectivity index is 1.63. The highest BCUT2D eigenvalue weighted by molar-refractivity contribution is 5.92. The van der Waals surface area contributed by atoms with Gasteiger partial charge in [0.2, 0.25) is 0 Å². The smallest absolute Gasteiger partial charge is 0.388 e. The van der Waals surface area contributed by atoms with Gasteiger partial charge >= 0.3 is 6.18 Å². The molecule has 1 aromatic carbocycles. The SMILES string of the molecule is Cc1cc(N2CCC3(CC2)C[C@](C)(O)[C@@H](O)CO3)c2cc(C(F)(F)F)ccc2n1. The number of aliphatic hydroxyl groups is 2. The van der Waals surface area contributed by atoms with Crippen LogP contribution in [0.1, 0.15) is 37.4 Å². The molecule has 3 heterocycles. The van der Waals surface area contributed by atoms with Crippen molar-refractivity contribution in [1.82, 2.24) is 4.98 Å². The quantitative estimate of drug-likeness (QED) is 0.754. The Hall–Kier alpha value is -1.90. The van der Waals surface area contributed by atoms with Crippen LogP contribution in [0.25, 0.3) is 10.9 Å². The maximum Gasteiger partial charge on any atom is 0.416 e. The van der Waals surface area contributed by atoms with E-state index in [1.165, 1.54) is 12.1 Å². The summed E-state index contributed by atoms with van der Waals surface area (Å²) in [7, 11) is 0. The highest BCUT2D eigenvalue weighted by Gasteiger charge is 2.48. The molecule has 1 spiro atoms. The van der Waals surface area contributed by atoms with Crippen LogP contribution >= 0.6 is 0 Å². The minimum Gasteiger partial charge on any atom is -0.388 e. The largest absolute Gasteiger partial charge is 0.416 e. The van der Waals surface area contributed by atoms with Gasteiger partial charge in [-0.1, -0.05) is 0 Å². The van der Waals surface area contributed by atoms with Gasteiger partial charge in [0.15, 0.2) is 0 Å². The maximum absolute atomic E-state index is 13.2. The third-order valence-electron chi connectivity index (χ3n) is 6.20. The number of rotatable bonds is 1. The van der Waals surface area contributed by atoms with Crippen molar-refractivity contribution in [3.63, 3.8) is 0 Å². The molecule has 0 saturated carbocycles. The summed E-state index contributed by atoms with van der Waals surface area (Å²) in [5.41, 5.74) is -0.404. The van der Waals surface area contributed by atoms with Gasteiger partial charge in [-0.25, -0.2) is 0 Å². The summed E-state index contributed by atoms with van der Waals surface area (Å²) in [6.45, 7) is 4.70. The summed E-state index contributed by atoms with van der Waals surface area (Å²) in [6, 6.07) is 5.47. The molecule has 1 aromatic heterocycles. The van der Waals surface area contributed by atoms with E-state index in [-0.39, 0.29) is 6.61 Å². The lowest BCUT2D eigenvalue weighted by Crippen LogP contribution is -2.59. The maximum atomic E-state index is 13.2. The number of piperidine rings is 1. The molecule has 29 heavy (non-hydrogen) atoms. The van der Waals surface area contributed by atoms with Crippen LogP contribution in [0.4, 0.5) is 18.9 Å². The highest BCUT2D eigenvalue weighted by atomic mass is 19.4. The lowest BCUT2D eigenvalue weighted by Gasteiger charge is -2.50. The highest BCUT2D eigenvalue weighted by Crippen LogP contribution is 2.42. The molecule has 2 fully saturated rings. The van der Waals surface area contributed by atoms with Gasteiger partial charge < -0.3 is 19.8 Å². The van der Waals surface area contributed by atoms with E-state index < -0.39 is 29.0 Å². The van der Waals surface area contributed by atoms with Crippen molar-refractivity contribution in [1.29, 1.82) is 0 Å². The van der Waals surface area contributed by atoms with Crippen LogP contribution in [0.15, 0.2) is 24.3 Å². The first kappa shape index (κ1) is 20.4. The van der Waals surface area contributed by atoms with Crippen molar-refractivity contribution in [3.8, 4) is 0 Å². The summed E-state index contributed by atoms with van der Waals surface area (Å²) in [6.07, 6.45) is -3.75. The van der Waals surface area contributed by atoms with Gasteiger partial charge in [-0.05, 0) is 51.0 Å². The number of hydrogen-bond acceptors (Lipinski definition) is 5. The molecular weight excluding hydrogens is 385 g/mol. The lowest BCUT2D eigenvalue weighted by atomic mass is 9.76. The molecule has 2 N–H and O–H groups in total. The second kappa shape index (κ2) is 6.82. The van der Waals surface area contributed by atoms with Crippen LogP contribution in [0.3, 0.4) is 0 Å². The number of nitrogens with zero attached hydrogens (tertiary/aromatic N) is 2. The third-order valence-corrected chi connectivity index (χ3v) is 6.20. The van der Waals surface area contributed by atoms with Gasteiger partial charge in [-0.15, -0.1) is 0 Å². The Morgan fingerprint density at radius 3 is 2.52 bits per heavy atom. The molecule has 0 aliphatic carbocycles. The topological polar surface area (TPSA) is 65.8 Å². The zero-order chi connectivity index (χ0) is 21.0. The van der Waals surface area contributed by atoms with Crippen molar-refractivity contribution in [2.75, 3.05) is 24.6 Å². The van der Waals surface area contributed by atoms with Gasteiger partial charge in [0.1, 0.15) is 6.10 Å². The number of aromatic nitrogens is 1. The number of benzene rings is 1. The minimum absolute atomic E-state index is 0.0826. The van der Waals surface area contributed by atoms with Crippen molar-refractivity contribution in [2.45, 2.75) is 56.6 Å². The normalized spacial score (nSPS) is 27.6. The van der Waals surface area contributed by atoms with E-state index in [2.05, 4.69) is 9.88 Å². The number of ether oxygens (including phenoxy) is 1. The van der Waals surface area contributed by atoms with E-state index >= 15 is 0 Å². The van der Waals surface area contributed by atoms with E-state index in [4.69, 9.17) is 4.74 Å². The fourth-order valence-electron chi connectivity index (χ4n) is 4.51. The summed E-state index contributed by atoms with van der Waals surface area (Å²) in [5, 5.41) is 20.9. The van der Waals surface area contributed by atoms with E-state index in [1.807, 2.05) is 13.0 Å². The number of aryl methyl sites for hydroxylation is 1. The average molecular weight is 410 g/mol. The molecule has 2 aromatic rings. The van der Waals surface area contributed by atoms with Crippen molar-refractivity contribution in [2.24, 2.45) is 0 Å². The Labute approximate surface area is 167 Å². The molecule has 2 atom stereocenters. The molecule has 0 radical (unpaired) electrons. The van der Waals surface area contributed by atoms with Crippen LogP contribution < -0.4 is 4.90 Å². The summed E-state index contributed by atoms with van der Waals surface area (Å²) < 4.78 is 45.6. The summed E-state index contributed by atoms with van der Waals surface area (Å²) in [5.74, 6) is 0. The van der Waals surface area contributed by atoms with Gasteiger partial charge in [0.25, 0.3) is 0 Å². The standard InChI is InChI=1S/C21H25F3N2O3/c1-13-9-17(15-10-14(21(22,23)24)3-4-16(15)25-13)26-7-5-20(6-8-26)12-19(2,28)18(27)11-29-20/h3-4,9-10,18,27-28H,5-8,11-12H2,1-2H3/t18-,19-/m0/s1. The Bertz CT molecular complexity index is 921. The summed E-state index contributed by atoms with van der Waals surface area (Å²) in [4.78, 5) is 6.45. The molecule has 2 saturated heterocycles. The number of halogens is 3. The number of anilines is 1. The second-order valence-corrected chi connectivity index (χ2v) is 8.54. The zero-order valence-electron chi connectivity index (χ0n) is 16.5. The predicted octanol–water partition coefficient (Wildman–Crippen LogP) is 3.43. The predicted molar refractivity (Wildman–Crippen MR) is 103 cm³/mol. The summed E-state index contributed by atoms with van der Waals surface area (Å²) >= 11 is 0. The Morgan fingerprint density at radius 1 is 1.21 bits per heavy atom. The molecule has 4 rings (SSSR count). The monoisotopic (exact) mass is 410 g/mol. The van der Waals surface area contributed by atoms with Gasteiger partial charge in [-0.2, -0.15) is 13.2 Å². The van der Waals surface area contributed by atoms with Gasteiger partial charge in [-0.3, -0.25) is 4.98 Å². The number of hydrogen-bond donors (Lipinski definition) is 2. The molecule has 158 valence electrons. The van der Waals surface area contributed by atoms with Crippen LogP contribution in [-0.4, -0.2) is 52.2 Å². The molecule has 5 nitrogen and oxygen atoms in total. The fourth-order valence-corrected chi connectivity index (χ4v) is 4.51. The molecule has 2 aliphatic rings. The van der Waals surface area contributed by atoms with Gasteiger partial charge in [0, 0.05) is 36.3 Å². The first-order valence-corrected chi connectivity index (χ1v) is 9.77. The molecule has 2 aliphatic heterocycles. The second-order valence-electron chi connectivity index (χ2n) is 8.54. The Kier molecular flexibility index (Phi) is 4.79. The van der Waals surface area contributed by atoms with E-state index in [0.29, 0.717) is 43.3 Å². The number of alkyl halides is 3. The fraction of sp³-hybridized carbons (Fsp3) is 0.571. The molecular formula is C21H25F3N2O3. The zero-order valence-corrected chi connectivity index (χ0v) is 16.5. The van der Waals surface area contributed by atoms with Crippen molar-refractivity contribution < 1.29 is 28.1 Å².